The van der Waals surface area contributed by atoms with Gasteiger partial charge in [-0.2, -0.15) is 0 Å². The number of benzene rings is 2. The summed E-state index contributed by atoms with van der Waals surface area (Å²) in [5.41, 5.74) is 1.81. The molecule has 2 aromatic carbocycles. The quantitative estimate of drug-likeness (QED) is 0.917. The molecule has 0 amide bonds. The van der Waals surface area contributed by atoms with Crippen molar-refractivity contribution in [3.63, 3.8) is 0 Å². The Labute approximate surface area is 112 Å². The van der Waals surface area contributed by atoms with E-state index in [2.05, 4.69) is 4.72 Å². The first kappa shape index (κ1) is 12.3. The maximum Gasteiger partial charge on any atom is 0.229 e. The summed E-state index contributed by atoms with van der Waals surface area (Å²) in [7, 11) is -3.24. The number of fused-ring (bicyclic) bond motifs is 3. The minimum atomic E-state index is -3.24. The van der Waals surface area contributed by atoms with Crippen molar-refractivity contribution < 1.29 is 13.2 Å². The molecule has 1 aliphatic heterocycles. The highest BCUT2D eigenvalue weighted by molar-refractivity contribution is 7.92. The smallest absolute Gasteiger partial charge is 0.229 e. The lowest BCUT2D eigenvalue weighted by Crippen LogP contribution is -2.10. The Morgan fingerprint density at radius 2 is 2.05 bits per heavy atom. The predicted octanol–water partition coefficient (Wildman–Crippen LogP) is 2.54. The van der Waals surface area contributed by atoms with E-state index in [9.17, 15) is 8.42 Å². The van der Waals surface area contributed by atoms with Gasteiger partial charge in [0.05, 0.1) is 12.9 Å². The Kier molecular flexibility index (Phi) is 2.86. The van der Waals surface area contributed by atoms with Crippen LogP contribution in [0.2, 0.25) is 0 Å². The van der Waals surface area contributed by atoms with Crippen LogP contribution in [-0.2, 0) is 16.4 Å². The zero-order valence-corrected chi connectivity index (χ0v) is 11.5. The SMILES string of the molecule is CS(=O)(=O)Nc1ccc2c3c(ccc2c1)OCCC3. The number of hydrogen-bond acceptors (Lipinski definition) is 3. The molecule has 1 heterocycles. The number of sulfonamides is 1. The van der Waals surface area contributed by atoms with Gasteiger partial charge in [0.15, 0.2) is 0 Å². The van der Waals surface area contributed by atoms with Gasteiger partial charge in [0.1, 0.15) is 5.75 Å². The molecule has 0 bridgehead atoms. The molecule has 0 atom stereocenters. The topological polar surface area (TPSA) is 55.4 Å². The maximum atomic E-state index is 11.2. The van der Waals surface area contributed by atoms with Crippen LogP contribution in [0.25, 0.3) is 10.8 Å². The van der Waals surface area contributed by atoms with Crippen molar-refractivity contribution in [2.24, 2.45) is 0 Å². The molecule has 0 saturated carbocycles. The average molecular weight is 277 g/mol. The van der Waals surface area contributed by atoms with Crippen molar-refractivity contribution in [2.75, 3.05) is 17.6 Å². The fraction of sp³-hybridized carbons (Fsp3) is 0.286. The lowest BCUT2D eigenvalue weighted by atomic mass is 9.98. The van der Waals surface area contributed by atoms with E-state index in [1.54, 1.807) is 6.07 Å². The third-order valence-corrected chi connectivity index (χ3v) is 3.83. The Hall–Kier alpha value is -1.75. The lowest BCUT2D eigenvalue weighted by Gasteiger charge is -2.19. The van der Waals surface area contributed by atoms with Crippen LogP contribution in [0.15, 0.2) is 30.3 Å². The first-order valence-corrected chi connectivity index (χ1v) is 8.08. The number of rotatable bonds is 2. The highest BCUT2D eigenvalue weighted by Gasteiger charge is 2.13. The van der Waals surface area contributed by atoms with Crippen LogP contribution in [-0.4, -0.2) is 21.3 Å². The molecule has 3 rings (SSSR count). The van der Waals surface area contributed by atoms with Crippen molar-refractivity contribution in [1.29, 1.82) is 0 Å². The number of anilines is 1. The minimum absolute atomic E-state index is 0.590. The third kappa shape index (κ3) is 2.51. The van der Waals surface area contributed by atoms with Crippen LogP contribution in [0.1, 0.15) is 12.0 Å². The van der Waals surface area contributed by atoms with Crippen LogP contribution < -0.4 is 9.46 Å². The summed E-state index contributed by atoms with van der Waals surface area (Å²) >= 11 is 0. The fourth-order valence-electron chi connectivity index (χ4n) is 2.48. The van der Waals surface area contributed by atoms with Crippen LogP contribution in [0.3, 0.4) is 0 Å². The predicted molar refractivity (Wildman–Crippen MR) is 76.2 cm³/mol. The summed E-state index contributed by atoms with van der Waals surface area (Å²) in [6.07, 6.45) is 3.18. The number of aryl methyl sites for hydroxylation is 1. The Morgan fingerprint density at radius 1 is 1.21 bits per heavy atom. The molecule has 0 fully saturated rings. The van der Waals surface area contributed by atoms with E-state index >= 15 is 0 Å². The van der Waals surface area contributed by atoms with Crippen molar-refractivity contribution >= 4 is 26.5 Å². The molecule has 0 saturated heterocycles. The molecule has 2 aromatic rings. The molecule has 5 heteroatoms. The largest absolute Gasteiger partial charge is 0.493 e. The van der Waals surface area contributed by atoms with Gasteiger partial charge in [-0.05, 0) is 41.8 Å². The van der Waals surface area contributed by atoms with E-state index in [4.69, 9.17) is 4.74 Å². The van der Waals surface area contributed by atoms with Gasteiger partial charge in [0.25, 0.3) is 0 Å². The van der Waals surface area contributed by atoms with Gasteiger partial charge in [-0.1, -0.05) is 12.1 Å². The summed E-state index contributed by atoms with van der Waals surface area (Å²) in [5, 5.41) is 2.16. The molecule has 1 aliphatic rings. The second kappa shape index (κ2) is 4.42. The van der Waals surface area contributed by atoms with E-state index in [1.165, 1.54) is 5.56 Å². The summed E-state index contributed by atoms with van der Waals surface area (Å²) in [5.74, 6) is 0.947. The number of nitrogens with one attached hydrogen (secondary N) is 1. The standard InChI is InChI=1S/C14H15NO3S/c1-19(16,17)15-11-5-6-12-10(9-11)4-7-14-13(12)3-2-8-18-14/h4-7,9,15H,2-3,8H2,1H3. The molecule has 1 N–H and O–H groups in total. The molecule has 4 nitrogen and oxygen atoms in total. The van der Waals surface area contributed by atoms with Gasteiger partial charge in [-0.3, -0.25) is 4.72 Å². The summed E-state index contributed by atoms with van der Waals surface area (Å²) < 4.78 is 30.6. The van der Waals surface area contributed by atoms with E-state index in [1.807, 2.05) is 24.3 Å². The molecule has 0 aromatic heterocycles. The third-order valence-electron chi connectivity index (χ3n) is 3.22. The van der Waals surface area contributed by atoms with Crippen LogP contribution in [0.4, 0.5) is 5.69 Å². The highest BCUT2D eigenvalue weighted by atomic mass is 32.2. The van der Waals surface area contributed by atoms with Crippen LogP contribution in [0.5, 0.6) is 5.75 Å². The molecule has 100 valence electrons. The maximum absolute atomic E-state index is 11.2. The summed E-state index contributed by atoms with van der Waals surface area (Å²) in [4.78, 5) is 0. The van der Waals surface area contributed by atoms with Gasteiger partial charge >= 0.3 is 0 Å². The van der Waals surface area contributed by atoms with Gasteiger partial charge in [-0.25, -0.2) is 8.42 Å². The fourth-order valence-corrected chi connectivity index (χ4v) is 3.03. The number of ether oxygens (including phenoxy) is 1. The second-order valence-electron chi connectivity index (χ2n) is 4.80. The van der Waals surface area contributed by atoms with E-state index < -0.39 is 10.0 Å². The Balaban J connectivity index is 2.10. The zero-order chi connectivity index (χ0) is 13.5. The molecule has 0 radical (unpaired) electrons. The van der Waals surface area contributed by atoms with E-state index in [0.717, 1.165) is 42.2 Å². The second-order valence-corrected chi connectivity index (χ2v) is 6.55. The molecule has 0 unspecified atom stereocenters. The average Bonchev–Trinajstić information content (AvgIpc) is 2.36. The van der Waals surface area contributed by atoms with Crippen molar-refractivity contribution in [1.82, 2.24) is 0 Å². The normalized spacial score (nSPS) is 14.8. The van der Waals surface area contributed by atoms with E-state index in [-0.39, 0.29) is 0 Å². The van der Waals surface area contributed by atoms with Gasteiger partial charge in [-0.15, -0.1) is 0 Å². The van der Waals surface area contributed by atoms with Gasteiger partial charge in [0.2, 0.25) is 10.0 Å². The van der Waals surface area contributed by atoms with Crippen molar-refractivity contribution in [2.45, 2.75) is 12.8 Å². The first-order chi connectivity index (χ1) is 9.03. The molecule has 0 aliphatic carbocycles. The summed E-state index contributed by atoms with van der Waals surface area (Å²) in [6, 6.07) is 9.52. The first-order valence-electron chi connectivity index (χ1n) is 6.19. The summed E-state index contributed by atoms with van der Waals surface area (Å²) in [6.45, 7) is 0.770. The Bertz CT molecular complexity index is 738. The molecular formula is C14H15NO3S. The van der Waals surface area contributed by atoms with Crippen molar-refractivity contribution in [3.8, 4) is 5.75 Å². The van der Waals surface area contributed by atoms with Gasteiger partial charge < -0.3 is 4.74 Å². The molecule has 19 heavy (non-hydrogen) atoms. The number of hydrogen-bond donors (Lipinski definition) is 1. The van der Waals surface area contributed by atoms with E-state index in [0.29, 0.717) is 5.69 Å². The monoisotopic (exact) mass is 277 g/mol. The minimum Gasteiger partial charge on any atom is -0.493 e. The highest BCUT2D eigenvalue weighted by Crippen LogP contribution is 2.33. The molecular weight excluding hydrogens is 262 g/mol. The van der Waals surface area contributed by atoms with Gasteiger partial charge in [0, 0.05) is 11.3 Å². The lowest BCUT2D eigenvalue weighted by molar-refractivity contribution is 0.289. The van der Waals surface area contributed by atoms with Crippen molar-refractivity contribution in [3.05, 3.63) is 35.9 Å². The van der Waals surface area contributed by atoms with Crippen LogP contribution >= 0.6 is 0 Å². The van der Waals surface area contributed by atoms with Crippen LogP contribution in [0, 0.1) is 0 Å². The zero-order valence-electron chi connectivity index (χ0n) is 10.6. The molecule has 0 spiro atoms. The Morgan fingerprint density at radius 3 is 2.84 bits per heavy atom.